The van der Waals surface area contributed by atoms with Crippen molar-refractivity contribution >= 4 is 9.84 Å². The number of aliphatic hydroxyl groups excluding tert-OH is 1. The summed E-state index contributed by atoms with van der Waals surface area (Å²) in [6, 6.07) is 0. The predicted molar refractivity (Wildman–Crippen MR) is 50.9 cm³/mol. The van der Waals surface area contributed by atoms with Crippen LogP contribution in [0.3, 0.4) is 0 Å². The van der Waals surface area contributed by atoms with Crippen molar-refractivity contribution in [3.63, 3.8) is 0 Å². The average Bonchev–Trinajstić information content (AvgIpc) is 2.03. The van der Waals surface area contributed by atoms with E-state index in [2.05, 4.69) is 11.8 Å². The van der Waals surface area contributed by atoms with Crippen LogP contribution in [0.4, 0.5) is 0 Å². The molecular formula is C9H14O3S. The molecular weight excluding hydrogens is 188 g/mol. The van der Waals surface area contributed by atoms with Gasteiger partial charge in [0.05, 0.1) is 11.5 Å². The lowest BCUT2D eigenvalue weighted by molar-refractivity contribution is 0.350. The molecule has 1 aliphatic heterocycles. The van der Waals surface area contributed by atoms with Crippen molar-refractivity contribution < 1.29 is 13.5 Å². The fraction of sp³-hybridized carbons (Fsp3) is 0.778. The van der Waals surface area contributed by atoms with E-state index >= 15 is 0 Å². The largest absolute Gasteiger partial charge is 0.384 e. The molecule has 74 valence electrons. The molecule has 1 fully saturated rings. The molecule has 0 radical (unpaired) electrons. The summed E-state index contributed by atoms with van der Waals surface area (Å²) in [4.78, 5) is 0. The molecule has 0 amide bonds. The summed E-state index contributed by atoms with van der Waals surface area (Å²) in [7, 11) is -2.80. The van der Waals surface area contributed by atoms with Gasteiger partial charge in [0, 0.05) is 6.42 Å². The first-order valence-electron chi connectivity index (χ1n) is 4.41. The highest BCUT2D eigenvalue weighted by Gasteiger charge is 2.23. The molecule has 13 heavy (non-hydrogen) atoms. The van der Waals surface area contributed by atoms with Crippen molar-refractivity contribution in [2.24, 2.45) is 5.92 Å². The molecule has 0 saturated carbocycles. The average molecular weight is 202 g/mol. The molecule has 3 nitrogen and oxygen atoms in total. The van der Waals surface area contributed by atoms with E-state index in [9.17, 15) is 8.42 Å². The highest BCUT2D eigenvalue weighted by Crippen LogP contribution is 2.20. The van der Waals surface area contributed by atoms with Gasteiger partial charge in [-0.1, -0.05) is 5.92 Å². The van der Waals surface area contributed by atoms with Gasteiger partial charge in [0.15, 0.2) is 9.84 Å². The van der Waals surface area contributed by atoms with Crippen LogP contribution in [0.25, 0.3) is 0 Å². The third kappa shape index (κ3) is 3.79. The van der Waals surface area contributed by atoms with Crippen molar-refractivity contribution in [1.29, 1.82) is 0 Å². The van der Waals surface area contributed by atoms with Crippen LogP contribution in [-0.2, 0) is 9.84 Å². The van der Waals surface area contributed by atoms with Crippen LogP contribution < -0.4 is 0 Å². The lowest BCUT2D eigenvalue weighted by Crippen LogP contribution is -2.24. The van der Waals surface area contributed by atoms with Crippen molar-refractivity contribution in [2.75, 3.05) is 18.1 Å². The van der Waals surface area contributed by atoms with Gasteiger partial charge in [-0.3, -0.25) is 0 Å². The SMILES string of the molecule is O=S1(=O)CCCC(CC#CCO)C1. The molecule has 1 atom stereocenters. The van der Waals surface area contributed by atoms with Crippen LogP contribution in [0.1, 0.15) is 19.3 Å². The molecule has 1 rings (SSSR count). The van der Waals surface area contributed by atoms with Gasteiger partial charge in [0.25, 0.3) is 0 Å². The van der Waals surface area contributed by atoms with Crippen molar-refractivity contribution in [2.45, 2.75) is 19.3 Å². The highest BCUT2D eigenvalue weighted by molar-refractivity contribution is 7.91. The molecule has 0 aromatic heterocycles. The topological polar surface area (TPSA) is 54.4 Å². The molecule has 1 heterocycles. The maximum Gasteiger partial charge on any atom is 0.150 e. The van der Waals surface area contributed by atoms with Crippen LogP contribution >= 0.6 is 0 Å². The number of aliphatic hydroxyl groups is 1. The molecule has 1 saturated heterocycles. The van der Waals surface area contributed by atoms with Crippen molar-refractivity contribution in [3.8, 4) is 11.8 Å². The Labute approximate surface area is 79.1 Å². The molecule has 4 heteroatoms. The van der Waals surface area contributed by atoms with Crippen molar-refractivity contribution in [3.05, 3.63) is 0 Å². The molecule has 0 spiro atoms. The molecule has 1 unspecified atom stereocenters. The van der Waals surface area contributed by atoms with Gasteiger partial charge in [0.2, 0.25) is 0 Å². The van der Waals surface area contributed by atoms with Gasteiger partial charge in [-0.05, 0) is 18.8 Å². The third-order valence-electron chi connectivity index (χ3n) is 2.15. The number of hydrogen-bond acceptors (Lipinski definition) is 3. The van der Waals surface area contributed by atoms with Gasteiger partial charge in [-0.2, -0.15) is 0 Å². The second kappa shape index (κ2) is 4.64. The lowest BCUT2D eigenvalue weighted by atomic mass is 10.0. The molecule has 1 N–H and O–H groups in total. The van der Waals surface area contributed by atoms with Crippen LogP contribution in [0.2, 0.25) is 0 Å². The second-order valence-electron chi connectivity index (χ2n) is 3.34. The summed E-state index contributed by atoms with van der Waals surface area (Å²) in [5.74, 6) is 6.09. The summed E-state index contributed by atoms with van der Waals surface area (Å²) in [6.45, 7) is -0.139. The highest BCUT2D eigenvalue weighted by atomic mass is 32.2. The lowest BCUT2D eigenvalue weighted by Gasteiger charge is -2.19. The van der Waals surface area contributed by atoms with Gasteiger partial charge >= 0.3 is 0 Å². The maximum absolute atomic E-state index is 11.2. The van der Waals surface area contributed by atoms with Gasteiger partial charge in [0.1, 0.15) is 6.61 Å². The number of hydrogen-bond donors (Lipinski definition) is 1. The van der Waals surface area contributed by atoms with E-state index < -0.39 is 9.84 Å². The zero-order valence-corrected chi connectivity index (χ0v) is 8.31. The van der Waals surface area contributed by atoms with Crippen LogP contribution in [0.15, 0.2) is 0 Å². The fourth-order valence-corrected chi connectivity index (χ4v) is 3.33. The van der Waals surface area contributed by atoms with E-state index in [1.165, 1.54) is 0 Å². The first kappa shape index (κ1) is 10.6. The minimum atomic E-state index is -2.80. The Morgan fingerprint density at radius 2 is 2.15 bits per heavy atom. The monoisotopic (exact) mass is 202 g/mol. The molecule has 1 aliphatic rings. The normalized spacial score (nSPS) is 26.1. The summed E-state index contributed by atoms with van der Waals surface area (Å²) in [5, 5.41) is 8.41. The maximum atomic E-state index is 11.2. The third-order valence-corrected chi connectivity index (χ3v) is 4.04. The van der Waals surface area contributed by atoms with E-state index in [-0.39, 0.29) is 18.3 Å². The molecule has 0 aromatic rings. The first-order chi connectivity index (χ1) is 6.14. The van der Waals surface area contributed by atoms with Crippen molar-refractivity contribution in [1.82, 2.24) is 0 Å². The van der Waals surface area contributed by atoms with E-state index in [0.29, 0.717) is 12.2 Å². The molecule has 0 bridgehead atoms. The Balaban J connectivity index is 2.44. The smallest absolute Gasteiger partial charge is 0.150 e. The minimum Gasteiger partial charge on any atom is -0.384 e. The first-order valence-corrected chi connectivity index (χ1v) is 6.23. The van der Waals surface area contributed by atoms with Gasteiger partial charge in [-0.15, -0.1) is 5.92 Å². The standard InChI is InChI=1S/C9H14O3S/c10-6-2-1-4-9-5-3-7-13(11,12)8-9/h9-10H,3-8H2. The summed E-state index contributed by atoms with van der Waals surface area (Å²) < 4.78 is 22.4. The Morgan fingerprint density at radius 1 is 1.38 bits per heavy atom. The number of rotatable bonds is 1. The fourth-order valence-electron chi connectivity index (χ4n) is 1.55. The Morgan fingerprint density at radius 3 is 2.77 bits per heavy atom. The molecule has 0 aliphatic carbocycles. The Bertz CT molecular complexity index is 307. The quantitative estimate of drug-likeness (QED) is 0.618. The minimum absolute atomic E-state index is 0.139. The molecule has 0 aromatic carbocycles. The summed E-state index contributed by atoms with van der Waals surface area (Å²) in [5.41, 5.74) is 0. The zero-order chi connectivity index (χ0) is 9.73. The van der Waals surface area contributed by atoms with E-state index in [0.717, 1.165) is 12.8 Å². The second-order valence-corrected chi connectivity index (χ2v) is 5.57. The van der Waals surface area contributed by atoms with Crippen LogP contribution in [-0.4, -0.2) is 31.6 Å². The van der Waals surface area contributed by atoms with Gasteiger partial charge < -0.3 is 5.11 Å². The summed E-state index contributed by atoms with van der Waals surface area (Å²) in [6.07, 6.45) is 2.30. The van der Waals surface area contributed by atoms with Gasteiger partial charge in [-0.25, -0.2) is 8.42 Å². The Hall–Kier alpha value is -0.530. The number of sulfone groups is 1. The predicted octanol–water partition coefficient (Wildman–Crippen LogP) is 0.197. The van der Waals surface area contributed by atoms with Crippen LogP contribution in [0.5, 0.6) is 0 Å². The van der Waals surface area contributed by atoms with E-state index in [1.54, 1.807) is 0 Å². The summed E-state index contributed by atoms with van der Waals surface area (Å²) >= 11 is 0. The Kier molecular flexibility index (Phi) is 3.76. The van der Waals surface area contributed by atoms with E-state index in [4.69, 9.17) is 5.11 Å². The van der Waals surface area contributed by atoms with Crippen LogP contribution in [0, 0.1) is 17.8 Å². The zero-order valence-electron chi connectivity index (χ0n) is 7.49. The van der Waals surface area contributed by atoms with E-state index in [1.807, 2.05) is 0 Å².